The number of likely N-dealkylation sites (N-methyl/N-ethyl adjacent to an activating group) is 1. The number of sulfonamides is 1. The van der Waals surface area contributed by atoms with Crippen molar-refractivity contribution in [1.29, 1.82) is 0 Å². The molecule has 3 aromatic rings. The van der Waals surface area contributed by atoms with Crippen molar-refractivity contribution in [2.24, 2.45) is 0 Å². The largest absolute Gasteiger partial charge is 0.356 e. The van der Waals surface area contributed by atoms with Crippen molar-refractivity contribution in [2.45, 2.75) is 58.5 Å². The number of hydrogen-bond donors (Lipinski definition) is 2. The van der Waals surface area contributed by atoms with Gasteiger partial charge in [-0.15, -0.1) is 0 Å². The van der Waals surface area contributed by atoms with E-state index in [9.17, 15) is 22.8 Å². The van der Waals surface area contributed by atoms with Gasteiger partial charge >= 0.3 is 0 Å². The highest BCUT2D eigenvalue weighted by atomic mass is 32.2. The molecule has 2 N–H and O–H groups in total. The van der Waals surface area contributed by atoms with Crippen molar-refractivity contribution in [2.75, 3.05) is 24.8 Å². The molecule has 0 aliphatic rings. The Kier molecular flexibility index (Phi) is 12.4. The van der Waals surface area contributed by atoms with E-state index in [2.05, 4.69) is 15.2 Å². The summed E-state index contributed by atoms with van der Waals surface area (Å²) >= 11 is 1.47. The van der Waals surface area contributed by atoms with Crippen molar-refractivity contribution >= 4 is 39.5 Å². The molecule has 3 amide bonds. The summed E-state index contributed by atoms with van der Waals surface area (Å²) in [4.78, 5) is 42.0. The lowest BCUT2D eigenvalue weighted by molar-refractivity contribution is -0.130. The number of benzene rings is 2. The topological polar surface area (TPSA) is 139 Å². The van der Waals surface area contributed by atoms with Crippen LogP contribution in [0.25, 0.3) is 11.3 Å². The third-order valence-corrected chi connectivity index (χ3v) is 8.91. The highest BCUT2D eigenvalue weighted by Gasteiger charge is 2.32. The summed E-state index contributed by atoms with van der Waals surface area (Å²) in [5.41, 5.74) is 3.85. The Morgan fingerprint density at radius 3 is 2.28 bits per heavy atom. The Morgan fingerprint density at radius 1 is 1.02 bits per heavy atom. The summed E-state index contributed by atoms with van der Waals surface area (Å²) in [6, 6.07) is 12.5. The molecule has 0 aliphatic heterocycles. The van der Waals surface area contributed by atoms with Gasteiger partial charge in [0.15, 0.2) is 5.76 Å². The molecule has 1 heterocycles. The minimum absolute atomic E-state index is 0.154. The lowest BCUT2D eigenvalue weighted by Crippen LogP contribution is -2.55. The first kappa shape index (κ1) is 33.9. The average Bonchev–Trinajstić information content (AvgIpc) is 3.51. The van der Waals surface area contributed by atoms with Crippen molar-refractivity contribution in [3.8, 4) is 11.3 Å². The Labute approximate surface area is 258 Å². The summed E-state index contributed by atoms with van der Waals surface area (Å²) in [6.45, 7) is 5.65. The first-order chi connectivity index (χ1) is 20.4. The van der Waals surface area contributed by atoms with Crippen LogP contribution in [0.5, 0.6) is 0 Å². The molecule has 0 spiro atoms. The number of thioether (sulfide) groups is 1. The lowest BCUT2D eigenvalue weighted by atomic mass is 10.00. The summed E-state index contributed by atoms with van der Waals surface area (Å²) in [5.74, 6) is -0.780. The molecule has 0 fully saturated rings. The molecule has 3 rings (SSSR count). The standard InChI is InChI=1S/C31H40N4O6S2/c1-6-7-16-43(39,40)34-29(36)26(13-15-42-5)33-30(37)27(35(4)31(38)25-18-21(2)17-22(3)19-25)20-23-8-10-24(11-9-23)28-12-14-32-41-28/h8-12,14,17-19,26-27H,6-7,13,15-16,20H2,1-5H3,(H,33,37)(H,34,36)/t26?,27-/m1/s1. The van der Waals surface area contributed by atoms with Crippen LogP contribution in [0, 0.1) is 13.8 Å². The molecule has 12 heteroatoms. The van der Waals surface area contributed by atoms with Gasteiger partial charge in [0.2, 0.25) is 15.9 Å². The van der Waals surface area contributed by atoms with Crippen LogP contribution in [0.4, 0.5) is 0 Å². The zero-order chi connectivity index (χ0) is 31.6. The van der Waals surface area contributed by atoms with Crippen LogP contribution in [-0.2, 0) is 26.0 Å². The maximum Gasteiger partial charge on any atom is 0.256 e. The SMILES string of the molecule is CCCCS(=O)(=O)NC(=O)C(CCSC)NC(=O)[C@@H](Cc1ccc(-c2ccno2)cc1)N(C)C(=O)c1cc(C)cc(C)c1. The third kappa shape index (κ3) is 9.96. The molecule has 0 aliphatic carbocycles. The number of aryl methyl sites for hydroxylation is 2. The summed E-state index contributed by atoms with van der Waals surface area (Å²) < 4.78 is 32.2. The molecule has 1 unspecified atom stereocenters. The molecular formula is C31H40N4O6S2. The van der Waals surface area contributed by atoms with E-state index in [1.54, 1.807) is 31.4 Å². The van der Waals surface area contributed by atoms with E-state index < -0.39 is 33.9 Å². The molecular weight excluding hydrogens is 588 g/mol. The van der Waals surface area contributed by atoms with Crippen molar-refractivity contribution in [1.82, 2.24) is 20.1 Å². The van der Waals surface area contributed by atoms with Crippen LogP contribution >= 0.6 is 11.8 Å². The van der Waals surface area contributed by atoms with Gasteiger partial charge in [-0.25, -0.2) is 8.42 Å². The number of carbonyl (C=O) groups excluding carboxylic acids is 3. The number of aromatic nitrogens is 1. The van der Waals surface area contributed by atoms with Gasteiger partial charge in [-0.3, -0.25) is 19.1 Å². The second kappa shape index (κ2) is 15.7. The Morgan fingerprint density at radius 2 is 1.70 bits per heavy atom. The first-order valence-corrected chi connectivity index (χ1v) is 17.2. The lowest BCUT2D eigenvalue weighted by Gasteiger charge is -2.29. The first-order valence-electron chi connectivity index (χ1n) is 14.1. The van der Waals surface area contributed by atoms with Crippen molar-refractivity contribution in [3.05, 3.63) is 77.0 Å². The molecule has 2 aromatic carbocycles. The van der Waals surface area contributed by atoms with Crippen molar-refractivity contribution < 1.29 is 27.3 Å². The van der Waals surface area contributed by atoms with E-state index in [1.807, 2.05) is 57.4 Å². The fraction of sp³-hybridized carbons (Fsp3) is 0.419. The van der Waals surface area contributed by atoms with E-state index in [0.717, 1.165) is 22.3 Å². The van der Waals surface area contributed by atoms with Crippen LogP contribution in [0.1, 0.15) is 53.2 Å². The fourth-order valence-corrected chi connectivity index (χ4v) is 6.32. The zero-order valence-corrected chi connectivity index (χ0v) is 26.9. The van der Waals surface area contributed by atoms with Gasteiger partial charge in [0.05, 0.1) is 11.9 Å². The number of rotatable bonds is 15. The number of unbranched alkanes of at least 4 members (excludes halogenated alkanes) is 1. The van der Waals surface area contributed by atoms with Gasteiger partial charge in [-0.1, -0.05) is 60.0 Å². The second-order valence-electron chi connectivity index (χ2n) is 10.6. The monoisotopic (exact) mass is 628 g/mol. The quantitative estimate of drug-likeness (QED) is 0.256. The van der Waals surface area contributed by atoms with Crippen LogP contribution in [0.15, 0.2) is 59.3 Å². The molecule has 43 heavy (non-hydrogen) atoms. The Balaban J connectivity index is 1.90. The summed E-state index contributed by atoms with van der Waals surface area (Å²) in [6.07, 6.45) is 4.85. The minimum Gasteiger partial charge on any atom is -0.356 e. The van der Waals surface area contributed by atoms with Crippen LogP contribution in [0.3, 0.4) is 0 Å². The van der Waals surface area contributed by atoms with E-state index in [4.69, 9.17) is 4.52 Å². The highest BCUT2D eigenvalue weighted by molar-refractivity contribution is 7.98. The fourth-order valence-electron chi connectivity index (χ4n) is 4.62. The molecule has 0 saturated heterocycles. The smallest absolute Gasteiger partial charge is 0.256 e. The zero-order valence-electron chi connectivity index (χ0n) is 25.3. The van der Waals surface area contributed by atoms with Crippen LogP contribution in [-0.4, -0.2) is 73.1 Å². The van der Waals surface area contributed by atoms with Gasteiger partial charge in [0.1, 0.15) is 12.1 Å². The molecule has 10 nitrogen and oxygen atoms in total. The molecule has 232 valence electrons. The van der Waals surface area contributed by atoms with Gasteiger partial charge in [-0.2, -0.15) is 11.8 Å². The van der Waals surface area contributed by atoms with Gasteiger partial charge in [0.25, 0.3) is 11.8 Å². The summed E-state index contributed by atoms with van der Waals surface area (Å²) in [5, 5.41) is 6.48. The van der Waals surface area contributed by atoms with E-state index >= 15 is 0 Å². The number of nitrogens with one attached hydrogen (secondary N) is 2. The molecule has 0 bridgehead atoms. The van der Waals surface area contributed by atoms with Crippen LogP contribution < -0.4 is 10.0 Å². The number of amides is 3. The predicted octanol–water partition coefficient (Wildman–Crippen LogP) is 4.13. The number of carbonyl (C=O) groups is 3. The predicted molar refractivity (Wildman–Crippen MR) is 169 cm³/mol. The third-order valence-electron chi connectivity index (χ3n) is 6.93. The van der Waals surface area contributed by atoms with Gasteiger partial charge < -0.3 is 14.7 Å². The number of hydrogen-bond acceptors (Lipinski definition) is 8. The van der Waals surface area contributed by atoms with E-state index in [0.29, 0.717) is 29.9 Å². The maximum absolute atomic E-state index is 13.9. The Bertz CT molecular complexity index is 1470. The molecule has 0 radical (unpaired) electrons. The van der Waals surface area contributed by atoms with Gasteiger partial charge in [-0.05, 0) is 56.4 Å². The molecule has 1 aromatic heterocycles. The number of nitrogens with zero attached hydrogens (tertiary/aromatic N) is 2. The minimum atomic E-state index is -3.85. The van der Waals surface area contributed by atoms with Crippen LogP contribution in [0.2, 0.25) is 0 Å². The van der Waals surface area contributed by atoms with Gasteiger partial charge in [0, 0.05) is 30.7 Å². The molecule has 0 saturated carbocycles. The normalized spacial score (nSPS) is 12.8. The Hall–Kier alpha value is -3.64. The van der Waals surface area contributed by atoms with E-state index in [1.165, 1.54) is 16.7 Å². The van der Waals surface area contributed by atoms with E-state index in [-0.39, 0.29) is 24.5 Å². The maximum atomic E-state index is 13.9. The highest BCUT2D eigenvalue weighted by Crippen LogP contribution is 2.21. The second-order valence-corrected chi connectivity index (χ2v) is 13.4. The average molecular weight is 629 g/mol. The summed E-state index contributed by atoms with van der Waals surface area (Å²) in [7, 11) is -2.29. The van der Waals surface area contributed by atoms with Crippen molar-refractivity contribution in [3.63, 3.8) is 0 Å². The molecule has 2 atom stereocenters.